The van der Waals surface area contributed by atoms with Gasteiger partial charge in [-0.1, -0.05) is 18.3 Å². The minimum Gasteiger partial charge on any atom is -0.342 e. The highest BCUT2D eigenvalue weighted by Gasteiger charge is 2.36. The number of hydrogen-bond acceptors (Lipinski definition) is 9. The largest absolute Gasteiger partial charge is 0.342 e. The lowest BCUT2D eigenvalue weighted by atomic mass is 9.91. The number of pyridine rings is 1. The number of halogens is 1. The molecule has 7 rings (SSSR count). The van der Waals surface area contributed by atoms with E-state index in [1.807, 2.05) is 52.0 Å². The van der Waals surface area contributed by atoms with Crippen LogP contribution in [0.5, 0.6) is 0 Å². The lowest BCUT2D eigenvalue weighted by molar-refractivity contribution is -0.143. The number of likely N-dealkylation sites (tertiary alicyclic amines) is 1. The summed E-state index contributed by atoms with van der Waals surface area (Å²) in [5, 5.41) is 13.6. The average molecular weight is 622 g/mol. The molecule has 4 aromatic heterocycles. The lowest BCUT2D eigenvalue weighted by Gasteiger charge is -2.43. The molecule has 0 saturated carbocycles. The summed E-state index contributed by atoms with van der Waals surface area (Å²) in [7, 11) is 1.92. The van der Waals surface area contributed by atoms with Crippen LogP contribution in [-0.2, 0) is 17.6 Å². The normalized spacial score (nSPS) is 15.1. The molecule has 12 heteroatoms. The van der Waals surface area contributed by atoms with Gasteiger partial charge < -0.3 is 15.1 Å². The third kappa shape index (κ3) is 5.54. The van der Waals surface area contributed by atoms with Crippen molar-refractivity contribution in [2.45, 2.75) is 26.2 Å². The number of nitrogens with zero attached hydrogens (tertiary/aromatic N) is 8. The van der Waals surface area contributed by atoms with Crippen LogP contribution in [0.2, 0.25) is 0 Å². The number of nitriles is 1. The van der Waals surface area contributed by atoms with Gasteiger partial charge in [-0.15, -0.1) is 0 Å². The number of thiazole rings is 1. The fourth-order valence-electron chi connectivity index (χ4n) is 5.89. The minimum absolute atomic E-state index is 0.165. The van der Waals surface area contributed by atoms with Crippen LogP contribution in [0.25, 0.3) is 28.0 Å². The summed E-state index contributed by atoms with van der Waals surface area (Å²) >= 11 is 1.29. The Morgan fingerprint density at radius 3 is 2.49 bits per heavy atom. The Hall–Kier alpha value is -4.73. The molecular weight excluding hydrogens is 589 g/mol. The van der Waals surface area contributed by atoms with Gasteiger partial charge in [-0.05, 0) is 55.2 Å². The fraction of sp³-hybridized carbons (Fsp3) is 0.333. The SMILES string of the molecule is CCc1nc2ccc(-c3cnc(CCC4CN(C(=O)C5CNC5)C4)nc3)cn2c1N(C)c1nc(-c2ccc(F)cc2)c(C#N)s1. The number of carbonyl (C=O) groups excluding carboxylic acids is 1. The lowest BCUT2D eigenvalue weighted by Crippen LogP contribution is -2.58. The van der Waals surface area contributed by atoms with Crippen molar-refractivity contribution in [3.63, 3.8) is 0 Å². The standard InChI is InChI=1S/C33H32FN9OS/c1-3-26-31(41(2)33-40-30(27(12-35)45-33)21-5-8-25(34)9-6-21)43-19-22(7-11-29(43)39-26)23-15-37-28(38-16-23)10-4-20-17-42(18-20)32(44)24-13-36-14-24/h5-9,11,15-16,19-20,24,36H,3-4,10,13-14,17-18H2,1-2H3. The van der Waals surface area contributed by atoms with Crippen molar-refractivity contribution in [3.8, 4) is 28.5 Å². The predicted octanol–water partition coefficient (Wildman–Crippen LogP) is 4.87. The number of rotatable bonds is 9. The highest BCUT2D eigenvalue weighted by atomic mass is 32.1. The molecule has 5 aromatic rings. The Balaban J connectivity index is 1.09. The van der Waals surface area contributed by atoms with E-state index in [9.17, 15) is 14.4 Å². The van der Waals surface area contributed by atoms with E-state index in [-0.39, 0.29) is 17.6 Å². The third-order valence-electron chi connectivity index (χ3n) is 8.65. The summed E-state index contributed by atoms with van der Waals surface area (Å²) in [6, 6.07) is 12.3. The van der Waals surface area contributed by atoms with Crippen molar-refractivity contribution in [3.05, 3.63) is 77.2 Å². The molecule has 228 valence electrons. The van der Waals surface area contributed by atoms with Crippen LogP contribution in [0.1, 0.15) is 29.7 Å². The van der Waals surface area contributed by atoms with Crippen LogP contribution < -0.4 is 10.2 Å². The third-order valence-corrected chi connectivity index (χ3v) is 9.69. The van der Waals surface area contributed by atoms with Gasteiger partial charge >= 0.3 is 0 Å². The number of hydrogen-bond donors (Lipinski definition) is 1. The number of carbonyl (C=O) groups is 1. The molecule has 0 unspecified atom stereocenters. The molecule has 1 aromatic carbocycles. The maximum Gasteiger partial charge on any atom is 0.228 e. The zero-order valence-corrected chi connectivity index (χ0v) is 25.9. The quantitative estimate of drug-likeness (QED) is 0.248. The van der Waals surface area contributed by atoms with E-state index in [0.29, 0.717) is 33.6 Å². The molecule has 0 atom stereocenters. The Morgan fingerprint density at radius 1 is 1.09 bits per heavy atom. The van der Waals surface area contributed by atoms with E-state index in [1.54, 1.807) is 12.1 Å². The number of aromatic nitrogens is 5. The van der Waals surface area contributed by atoms with Gasteiger partial charge in [0, 0.05) is 74.9 Å². The van der Waals surface area contributed by atoms with E-state index < -0.39 is 0 Å². The molecule has 0 spiro atoms. The van der Waals surface area contributed by atoms with Crippen molar-refractivity contribution in [1.82, 2.24) is 34.6 Å². The highest BCUT2D eigenvalue weighted by Crippen LogP contribution is 2.37. The van der Waals surface area contributed by atoms with E-state index in [2.05, 4.69) is 28.3 Å². The summed E-state index contributed by atoms with van der Waals surface area (Å²) in [6.07, 6.45) is 8.21. The minimum atomic E-state index is -0.338. The van der Waals surface area contributed by atoms with Gasteiger partial charge in [0.25, 0.3) is 0 Å². The van der Waals surface area contributed by atoms with Crippen molar-refractivity contribution in [2.24, 2.45) is 11.8 Å². The maximum absolute atomic E-state index is 13.5. The number of nitrogens with one attached hydrogen (secondary N) is 1. The molecule has 0 bridgehead atoms. The zero-order valence-electron chi connectivity index (χ0n) is 25.1. The molecule has 1 N–H and O–H groups in total. The summed E-state index contributed by atoms with van der Waals surface area (Å²) < 4.78 is 15.6. The Labute approximate surface area is 264 Å². The molecule has 0 radical (unpaired) electrons. The number of amides is 1. The smallest absolute Gasteiger partial charge is 0.228 e. The zero-order chi connectivity index (χ0) is 31.1. The first kappa shape index (κ1) is 29.0. The van der Waals surface area contributed by atoms with Gasteiger partial charge in [0.1, 0.15) is 39.7 Å². The Kier molecular flexibility index (Phi) is 7.73. The first-order chi connectivity index (χ1) is 21.9. The molecular formula is C33H32FN9OS. The van der Waals surface area contributed by atoms with Crippen molar-refractivity contribution in [2.75, 3.05) is 38.1 Å². The monoisotopic (exact) mass is 621 g/mol. The van der Waals surface area contributed by atoms with E-state index in [0.717, 1.165) is 73.1 Å². The molecule has 2 aliphatic rings. The van der Waals surface area contributed by atoms with Gasteiger partial charge in [0.05, 0.1) is 11.6 Å². The summed E-state index contributed by atoms with van der Waals surface area (Å²) in [5.41, 5.74) is 4.77. The molecule has 10 nitrogen and oxygen atoms in total. The van der Waals surface area contributed by atoms with E-state index in [1.165, 1.54) is 23.5 Å². The number of anilines is 2. The number of aryl methyl sites for hydroxylation is 2. The number of fused-ring (bicyclic) bond motifs is 1. The summed E-state index contributed by atoms with van der Waals surface area (Å²) in [5.74, 6) is 2.28. The second-order valence-electron chi connectivity index (χ2n) is 11.6. The Bertz CT molecular complexity index is 1900. The topological polar surface area (TPSA) is 115 Å². The van der Waals surface area contributed by atoms with Gasteiger partial charge in [-0.3, -0.25) is 9.20 Å². The van der Waals surface area contributed by atoms with Gasteiger partial charge in [0.2, 0.25) is 5.91 Å². The molecule has 2 saturated heterocycles. The van der Waals surface area contributed by atoms with E-state index in [4.69, 9.17) is 9.97 Å². The van der Waals surface area contributed by atoms with Gasteiger partial charge in [0.15, 0.2) is 5.13 Å². The second kappa shape index (κ2) is 12.0. The van der Waals surface area contributed by atoms with Crippen LogP contribution in [0, 0.1) is 29.0 Å². The molecule has 2 fully saturated rings. The molecule has 6 heterocycles. The second-order valence-corrected chi connectivity index (χ2v) is 12.6. The van der Waals surface area contributed by atoms with E-state index >= 15 is 0 Å². The highest BCUT2D eigenvalue weighted by molar-refractivity contribution is 7.16. The summed E-state index contributed by atoms with van der Waals surface area (Å²) in [4.78, 5) is 35.7. The first-order valence-corrected chi connectivity index (χ1v) is 16.0. The maximum atomic E-state index is 13.5. The van der Waals surface area contributed by atoms with Crippen LogP contribution in [0.15, 0.2) is 55.0 Å². The van der Waals surface area contributed by atoms with Crippen LogP contribution in [0.4, 0.5) is 15.3 Å². The van der Waals surface area contributed by atoms with Crippen LogP contribution in [0.3, 0.4) is 0 Å². The molecule has 0 aliphatic carbocycles. The summed E-state index contributed by atoms with van der Waals surface area (Å²) in [6.45, 7) is 5.34. The molecule has 45 heavy (non-hydrogen) atoms. The molecule has 1 amide bonds. The van der Waals surface area contributed by atoms with Crippen LogP contribution >= 0.6 is 11.3 Å². The fourth-order valence-corrected chi connectivity index (χ4v) is 6.73. The van der Waals surface area contributed by atoms with Gasteiger partial charge in [-0.25, -0.2) is 24.3 Å². The Morgan fingerprint density at radius 2 is 1.82 bits per heavy atom. The van der Waals surface area contributed by atoms with Crippen LogP contribution in [-0.4, -0.2) is 68.4 Å². The number of benzene rings is 1. The van der Waals surface area contributed by atoms with Crippen molar-refractivity contribution < 1.29 is 9.18 Å². The first-order valence-electron chi connectivity index (χ1n) is 15.1. The van der Waals surface area contributed by atoms with Crippen molar-refractivity contribution in [1.29, 1.82) is 5.26 Å². The average Bonchev–Trinajstić information content (AvgIpc) is 3.61. The van der Waals surface area contributed by atoms with Crippen molar-refractivity contribution >= 4 is 33.8 Å². The van der Waals surface area contributed by atoms with Gasteiger partial charge in [-0.2, -0.15) is 5.26 Å². The predicted molar refractivity (Wildman–Crippen MR) is 171 cm³/mol. The molecule has 2 aliphatic heterocycles. The number of imidazole rings is 1.